The Bertz CT molecular complexity index is 3460. The zero-order valence-electron chi connectivity index (χ0n) is 81.1. The van der Waals surface area contributed by atoms with E-state index in [0.29, 0.717) is 68.7 Å². The number of nitrogens with one attached hydrogen (secondary N) is 21. The summed E-state index contributed by atoms with van der Waals surface area (Å²) in [7, 11) is 1.71. The predicted octanol–water partition coefficient (Wildman–Crippen LogP) is 11.7. The minimum atomic E-state index is 0.441. The van der Waals surface area contributed by atoms with Crippen LogP contribution in [-0.2, 0) is 22.6 Å². The predicted molar refractivity (Wildman–Crippen MR) is 605 cm³/mol. The maximum Gasteiger partial charge on any atom is 0.191 e. The molecule has 13 rings (SSSR count). The molecule has 1 aromatic heterocycles. The van der Waals surface area contributed by atoms with E-state index in [1.165, 1.54) is 165 Å². The smallest absolute Gasteiger partial charge is 0.191 e. The fraction of sp³-hybridized carbons (Fsp3) is 0.571. The van der Waals surface area contributed by atoms with Crippen molar-refractivity contribution in [3.63, 3.8) is 0 Å². The van der Waals surface area contributed by atoms with Gasteiger partial charge in [-0.05, 0) is 255 Å². The van der Waals surface area contributed by atoms with Gasteiger partial charge in [-0.2, -0.15) is 81.6 Å². The normalized spacial score (nSPS) is 15.0. The Morgan fingerprint density at radius 1 is 0.338 bits per heavy atom. The summed E-state index contributed by atoms with van der Waals surface area (Å²) in [6.07, 6.45) is 36.4. The van der Waals surface area contributed by atoms with Gasteiger partial charge in [0.2, 0.25) is 0 Å². The summed E-state index contributed by atoms with van der Waals surface area (Å²) in [4.78, 5) is 1.28. The largest absolute Gasteiger partial charge is 0.381 e. The van der Waals surface area contributed by atoms with Gasteiger partial charge in [-0.25, -0.2) is 0 Å². The first kappa shape index (κ1) is 129. The molecule has 2 saturated heterocycles. The summed E-state index contributed by atoms with van der Waals surface area (Å²) in [5.41, 5.74) is 46.0. The highest BCUT2D eigenvalue weighted by atomic mass is 32.1. The van der Waals surface area contributed by atoms with E-state index in [1.807, 2.05) is 79.0 Å². The van der Waals surface area contributed by atoms with Crippen molar-refractivity contribution in [1.82, 2.24) is 108 Å². The van der Waals surface area contributed by atoms with Gasteiger partial charge in [0.15, 0.2) is 25.6 Å². The molecule has 8 saturated carbocycles. The highest BCUT2D eigenvalue weighted by molar-refractivity contribution is 7.81. The zero-order chi connectivity index (χ0) is 101. The molecule has 3 heterocycles. The number of thiocarbonyl (C=S) groups is 5. The van der Waals surface area contributed by atoms with E-state index in [2.05, 4.69) is 327 Å². The number of ether oxygens (including phenoxy) is 2. The number of benzene rings is 2. The second-order valence-electron chi connectivity index (χ2n) is 30.8. The number of hydrogen-bond acceptors (Lipinski definition) is 35. The minimum absolute atomic E-state index is 0.441. The van der Waals surface area contributed by atoms with Crippen LogP contribution in [0.5, 0.6) is 0 Å². The Morgan fingerprint density at radius 3 is 0.978 bits per heavy atom. The monoisotopic (exact) mass is 2000 g/mol. The van der Waals surface area contributed by atoms with Crippen molar-refractivity contribution in [1.29, 1.82) is 0 Å². The van der Waals surface area contributed by atoms with Crippen LogP contribution in [0.3, 0.4) is 0 Å². The number of hydrogen-bond donors (Lipinski definition) is 21. The van der Waals surface area contributed by atoms with Crippen molar-refractivity contribution in [3.05, 3.63) is 101 Å². The quantitative estimate of drug-likeness (QED) is 0.0109. The van der Waals surface area contributed by atoms with Crippen LogP contribution in [0.15, 0.2) is 172 Å². The van der Waals surface area contributed by atoms with E-state index in [4.69, 9.17) is 58.3 Å². The van der Waals surface area contributed by atoms with Crippen molar-refractivity contribution in [2.75, 3.05) is 91.2 Å². The fourth-order valence-corrected chi connectivity index (χ4v) is 12.4. The second-order valence-corrected chi connectivity index (χ2v) is 33.9. The lowest BCUT2D eigenvalue weighted by molar-refractivity contribution is -0.0304. The van der Waals surface area contributed by atoms with Gasteiger partial charge < -0.3 is 95.7 Å². The third kappa shape index (κ3) is 91.9. The molecule has 0 atom stereocenters. The Labute approximate surface area is 843 Å². The SMILES string of the molecule is C=CCNC(=S)NN=C.C=NNC(=S)NC.C=NNC(=S)NCC.C=NNC(=S)NCc1ccccc1.C=NNC(=S)Nc1ccccc1.C=NNC1CC1.C=NNC1CC1.C=NNC1CCC1.C=NNC1CCC1.C=NNCC1CC1.C=NNCC1CCC1.C=NNCC1CCCC1.C=NNCC1CCCCC1.C=NNCC1CCOCC1.C=NNCC1COC1.C=NNCc1cccs1. The molecule has 2 aromatic carbocycles. The number of nitrogens with zero attached hydrogens (tertiary/aromatic N) is 16. The van der Waals surface area contributed by atoms with Crippen molar-refractivity contribution >= 4 is 211 Å². The molecule has 10 aliphatic rings. The van der Waals surface area contributed by atoms with Gasteiger partial charge in [-0.3, -0.25) is 27.1 Å². The van der Waals surface area contributed by atoms with Crippen LogP contribution >= 0.6 is 72.4 Å². The van der Waals surface area contributed by atoms with Gasteiger partial charge in [-0.15, -0.1) is 17.9 Å². The minimum Gasteiger partial charge on any atom is -0.381 e. The van der Waals surface area contributed by atoms with E-state index >= 15 is 0 Å². The maximum atomic E-state index is 5.21. The van der Waals surface area contributed by atoms with Crippen molar-refractivity contribution < 1.29 is 9.47 Å². The van der Waals surface area contributed by atoms with Crippen LogP contribution in [0.2, 0.25) is 0 Å². The average Bonchev–Trinajstić information content (AvgIpc) is 1.71. The van der Waals surface area contributed by atoms with E-state index in [-0.39, 0.29) is 0 Å². The lowest BCUT2D eigenvalue weighted by atomic mass is 9.86. The summed E-state index contributed by atoms with van der Waals surface area (Å²) >= 11 is 25.5. The van der Waals surface area contributed by atoms with E-state index in [0.717, 1.165) is 127 Å². The lowest BCUT2D eigenvalue weighted by Crippen LogP contribution is -2.34. The standard InChI is InChI=1S/C9H11N3S.C8H9N3S.C8H16N2.C7H14N2O.C7H14N2.C6H8N2S.C6H12N2.C5H9N3S.C5H10N2O.3C5H10N2.C4H9N3S.2C4H8N2.C3H7N3S/c1-10-12-9(13)11-7-8-5-3-2-4-6-8;1-9-11-8(12)10-7-5-3-2-4-6-7;1-9-10-7-8-5-3-2-4-6-8;1-8-9-6-7-2-4-10-5-3-7;1-8-9-6-7-4-2-3-5-7;1-7-8-5-6-3-2-4-9-6;1-7-8-5-6-3-2-4-6;1-3-4-7-5(9)8-6-2;1-6-7-2-5-3-8-4-5;1-6-7-4-5-2-3-5;2*1-6-7-5-3-2-4-5;1-3-6-4(8)7-5-2;2*1-5-6-4-2-3-4;1-4-3(7)6-5-2/h2-6H,1,7H2,(H2,11,12,13);2-6H,1H2,(H2,10,11,12);8,10H,1-7H2;7,9H,1-6H2;7,9H,1-6H2;2-4,8H,1,5H2;6,8H,1-5H2;3H,1-2,4H2,(H2,7,8,9);5,7H,1-4H2;3*5,7H,1-4H2;2-3H2,1H3,(H2,6,7,8);2*4,6H,1-3H2;2H2,1H3,(H2,4,6,7). The summed E-state index contributed by atoms with van der Waals surface area (Å²) in [6.45, 7) is 70.5. The Balaban J connectivity index is -0.00000139. The molecule has 136 heavy (non-hydrogen) atoms. The van der Waals surface area contributed by atoms with Crippen molar-refractivity contribution in [3.8, 4) is 0 Å². The Hall–Kier alpha value is -11.2. The molecule has 21 N–H and O–H groups in total. The number of rotatable bonds is 40. The van der Waals surface area contributed by atoms with Gasteiger partial charge in [0.1, 0.15) is 0 Å². The van der Waals surface area contributed by atoms with Crippen LogP contribution in [0.25, 0.3) is 0 Å². The molecular weight excluding hydrogens is 1840 g/mol. The molecule has 10 fully saturated rings. The van der Waals surface area contributed by atoms with Crippen LogP contribution < -0.4 is 113 Å². The molecule has 2 aliphatic heterocycles. The zero-order valence-corrected chi connectivity index (χ0v) is 86.0. The first-order valence-electron chi connectivity index (χ1n) is 45.8. The maximum absolute atomic E-state index is 5.21. The number of anilines is 1. The van der Waals surface area contributed by atoms with E-state index in [9.17, 15) is 0 Å². The molecule has 8 aliphatic carbocycles. The highest BCUT2D eigenvalue weighted by Gasteiger charge is 2.22. The van der Waals surface area contributed by atoms with E-state index in [1.54, 1.807) is 24.5 Å². The molecule has 39 nitrogen and oxygen atoms in total. The van der Waals surface area contributed by atoms with Crippen LogP contribution in [0.1, 0.15) is 184 Å². The summed E-state index contributed by atoms with van der Waals surface area (Å²) < 4.78 is 10.1. The second kappa shape index (κ2) is 99.7. The lowest BCUT2D eigenvalue weighted by Gasteiger charge is -2.24. The molecule has 45 heteroatoms. The highest BCUT2D eigenvalue weighted by Crippen LogP contribution is 2.28. The molecule has 0 spiro atoms. The van der Waals surface area contributed by atoms with Crippen molar-refractivity contribution in [2.24, 2.45) is 117 Å². The molecule has 762 valence electrons. The van der Waals surface area contributed by atoms with Crippen LogP contribution in [-0.4, -0.2) is 243 Å². The Morgan fingerprint density at radius 2 is 0.684 bits per heavy atom. The van der Waals surface area contributed by atoms with E-state index < -0.39 is 0 Å². The third-order valence-electron chi connectivity index (χ3n) is 19.7. The molecule has 0 unspecified atom stereocenters. The first-order valence-corrected chi connectivity index (χ1v) is 48.7. The topological polar surface area (TPSA) is 469 Å². The van der Waals surface area contributed by atoms with Crippen LogP contribution in [0, 0.1) is 35.5 Å². The molecule has 0 amide bonds. The number of hydrazone groups is 16. The average molecular weight is 2000 g/mol. The van der Waals surface area contributed by atoms with Gasteiger partial charge >= 0.3 is 0 Å². The third-order valence-corrected chi connectivity index (χ3v) is 21.8. The number of para-hydroxylation sites is 1. The Kier molecular flexibility index (Phi) is 94.5. The molecular formula is C91H165N37O2S6. The summed E-state index contributed by atoms with van der Waals surface area (Å²) in [5, 5.41) is 74.5. The summed E-state index contributed by atoms with van der Waals surface area (Å²) in [6, 6.07) is 26.3. The van der Waals surface area contributed by atoms with Crippen molar-refractivity contribution in [2.45, 2.75) is 211 Å². The fourth-order valence-electron chi connectivity index (χ4n) is 11.0. The van der Waals surface area contributed by atoms with Gasteiger partial charge in [0.05, 0.1) is 19.8 Å². The molecule has 0 radical (unpaired) electrons. The summed E-state index contributed by atoms with van der Waals surface area (Å²) in [5.74, 6) is 4.93. The molecule has 3 aromatic rings. The first-order chi connectivity index (χ1) is 66.3. The van der Waals surface area contributed by atoms with Crippen LogP contribution in [0.4, 0.5) is 5.69 Å². The van der Waals surface area contributed by atoms with Gasteiger partial charge in [0.25, 0.3) is 0 Å². The van der Waals surface area contributed by atoms with Gasteiger partial charge in [-0.1, -0.05) is 99.2 Å². The van der Waals surface area contributed by atoms with Gasteiger partial charge in [0, 0.05) is 227 Å². The molecule has 0 bridgehead atoms. The number of thiophene rings is 1.